The summed E-state index contributed by atoms with van der Waals surface area (Å²) in [7, 11) is 0. The second-order valence-electron chi connectivity index (χ2n) is 2.57. The van der Waals surface area contributed by atoms with Crippen LogP contribution in [0.1, 0.15) is 12.8 Å². The van der Waals surface area contributed by atoms with Gasteiger partial charge in [-0.25, -0.2) is 4.79 Å². The van der Waals surface area contributed by atoms with E-state index in [1.54, 1.807) is 0 Å². The summed E-state index contributed by atoms with van der Waals surface area (Å²) in [5, 5.41) is 23.5. The van der Waals surface area contributed by atoms with Gasteiger partial charge in [0.25, 0.3) is 0 Å². The molecule has 0 aliphatic carbocycles. The van der Waals surface area contributed by atoms with Gasteiger partial charge in [-0.1, -0.05) is 6.58 Å². The summed E-state index contributed by atoms with van der Waals surface area (Å²) in [5.41, 5.74) is -1.75. The molecule has 0 aromatic carbocycles. The van der Waals surface area contributed by atoms with Crippen LogP contribution in [0, 0.1) is 0 Å². The number of alkyl halides is 3. The third kappa shape index (κ3) is 11.9. The maximum atomic E-state index is 11.2. The van der Waals surface area contributed by atoms with Crippen molar-refractivity contribution >= 4 is 17.9 Å². The number of aliphatic carboxylic acids is 3. The molecule has 3 N–H and O–H groups in total. The summed E-state index contributed by atoms with van der Waals surface area (Å²) in [6.07, 6.45) is -5.41. The molecule has 0 heterocycles. The second-order valence-corrected chi connectivity index (χ2v) is 2.57. The summed E-state index contributed by atoms with van der Waals surface area (Å²) in [6.45, 7) is 2.30. The molecule has 0 aliphatic rings. The molecule has 0 saturated heterocycles. The quantitative estimate of drug-likeness (QED) is 0.651. The largest absolute Gasteiger partial charge is 0.481 e. The number of hydrogen-bond donors (Lipinski definition) is 3. The monoisotopic (exact) mass is 258 g/mol. The van der Waals surface area contributed by atoms with Gasteiger partial charge in [0.15, 0.2) is 0 Å². The van der Waals surface area contributed by atoms with Crippen molar-refractivity contribution in [3.63, 3.8) is 0 Å². The molecule has 0 aromatic rings. The molecule has 0 saturated carbocycles. The molecular formula is C8H9F3O6. The summed E-state index contributed by atoms with van der Waals surface area (Å²) < 4.78 is 33.7. The van der Waals surface area contributed by atoms with Gasteiger partial charge in [0.05, 0.1) is 12.8 Å². The number of carboxylic acid groups (broad SMARTS) is 3. The second kappa shape index (κ2) is 7.25. The van der Waals surface area contributed by atoms with Crippen LogP contribution in [0.4, 0.5) is 13.2 Å². The highest BCUT2D eigenvalue weighted by Gasteiger charge is 2.36. The molecule has 0 rings (SSSR count). The van der Waals surface area contributed by atoms with Gasteiger partial charge in [-0.2, -0.15) is 13.2 Å². The first-order valence-electron chi connectivity index (χ1n) is 3.91. The number of carboxylic acids is 3. The van der Waals surface area contributed by atoms with Crippen molar-refractivity contribution in [2.24, 2.45) is 0 Å². The first-order valence-corrected chi connectivity index (χ1v) is 3.91. The Morgan fingerprint density at radius 2 is 1.24 bits per heavy atom. The van der Waals surface area contributed by atoms with E-state index in [2.05, 4.69) is 6.58 Å². The van der Waals surface area contributed by atoms with Crippen LogP contribution in [0.5, 0.6) is 0 Å². The van der Waals surface area contributed by atoms with Crippen LogP contribution in [-0.4, -0.2) is 39.4 Å². The van der Waals surface area contributed by atoms with Crippen molar-refractivity contribution < 1.29 is 42.9 Å². The predicted octanol–water partition coefficient (Wildman–Crippen LogP) is 1.13. The van der Waals surface area contributed by atoms with Crippen molar-refractivity contribution in [3.05, 3.63) is 12.2 Å². The van der Waals surface area contributed by atoms with E-state index in [1.807, 2.05) is 0 Å². The van der Waals surface area contributed by atoms with Gasteiger partial charge in [-0.3, -0.25) is 9.59 Å². The van der Waals surface area contributed by atoms with E-state index in [4.69, 9.17) is 15.3 Å². The summed E-state index contributed by atoms with van der Waals surface area (Å²) in [6, 6.07) is 0. The Morgan fingerprint density at radius 1 is 0.941 bits per heavy atom. The zero-order valence-corrected chi connectivity index (χ0v) is 8.32. The Morgan fingerprint density at radius 3 is 1.29 bits per heavy atom. The minimum atomic E-state index is -4.81. The van der Waals surface area contributed by atoms with E-state index in [9.17, 15) is 27.6 Å². The molecule has 0 unspecified atom stereocenters. The maximum Gasteiger partial charge on any atom is 0.422 e. The van der Waals surface area contributed by atoms with E-state index in [-0.39, 0.29) is 12.8 Å². The fourth-order valence-corrected chi connectivity index (χ4v) is 0.335. The van der Waals surface area contributed by atoms with E-state index in [0.717, 1.165) is 0 Å². The number of hydrogen-bond acceptors (Lipinski definition) is 3. The Balaban J connectivity index is 0. The molecule has 0 aliphatic heterocycles. The lowest BCUT2D eigenvalue weighted by atomic mass is 10.3. The number of halogens is 3. The standard InChI is InChI=1S/C4H3F3O2.C4H6O4/c1-2(3(8)9)4(5,6)7;5-3(6)1-2-4(7)8/h1H2,(H,8,9);1-2H2,(H,5,6)(H,7,8). The fraction of sp³-hybridized carbons (Fsp3) is 0.375. The maximum absolute atomic E-state index is 11.2. The van der Waals surface area contributed by atoms with Crippen LogP contribution in [0.25, 0.3) is 0 Å². The van der Waals surface area contributed by atoms with Gasteiger partial charge in [0.2, 0.25) is 0 Å². The Kier molecular flexibility index (Phi) is 7.40. The minimum Gasteiger partial charge on any atom is -0.481 e. The lowest BCUT2D eigenvalue weighted by molar-refractivity contribution is -0.144. The lowest BCUT2D eigenvalue weighted by Gasteiger charge is -2.02. The highest BCUT2D eigenvalue weighted by Crippen LogP contribution is 2.23. The van der Waals surface area contributed by atoms with Crippen LogP contribution >= 0.6 is 0 Å². The highest BCUT2D eigenvalue weighted by atomic mass is 19.4. The topological polar surface area (TPSA) is 112 Å². The van der Waals surface area contributed by atoms with Crippen LogP contribution in [-0.2, 0) is 14.4 Å². The van der Waals surface area contributed by atoms with Crippen molar-refractivity contribution in [1.82, 2.24) is 0 Å². The Bertz CT molecular complexity index is 306. The van der Waals surface area contributed by atoms with Crippen LogP contribution < -0.4 is 0 Å². The van der Waals surface area contributed by atoms with Crippen LogP contribution in [0.15, 0.2) is 12.2 Å². The van der Waals surface area contributed by atoms with Crippen molar-refractivity contribution in [3.8, 4) is 0 Å². The third-order valence-electron chi connectivity index (χ3n) is 1.15. The first kappa shape index (κ1) is 17.3. The summed E-state index contributed by atoms with van der Waals surface area (Å²) >= 11 is 0. The summed E-state index contributed by atoms with van der Waals surface area (Å²) in [4.78, 5) is 28.8. The zero-order chi connectivity index (χ0) is 14.2. The van der Waals surface area contributed by atoms with Crippen LogP contribution in [0.3, 0.4) is 0 Å². The van der Waals surface area contributed by atoms with Crippen molar-refractivity contribution in [2.75, 3.05) is 0 Å². The molecular weight excluding hydrogens is 249 g/mol. The molecule has 98 valence electrons. The van der Waals surface area contributed by atoms with Gasteiger partial charge in [-0.15, -0.1) is 0 Å². The van der Waals surface area contributed by atoms with Gasteiger partial charge in [-0.05, 0) is 0 Å². The Labute approximate surface area is 93.0 Å². The van der Waals surface area contributed by atoms with Crippen molar-refractivity contribution in [1.29, 1.82) is 0 Å². The van der Waals surface area contributed by atoms with E-state index >= 15 is 0 Å². The van der Waals surface area contributed by atoms with E-state index < -0.39 is 29.7 Å². The molecule has 0 aromatic heterocycles. The molecule has 6 nitrogen and oxygen atoms in total. The fourth-order valence-electron chi connectivity index (χ4n) is 0.335. The van der Waals surface area contributed by atoms with Crippen molar-refractivity contribution in [2.45, 2.75) is 19.0 Å². The molecule has 0 bridgehead atoms. The third-order valence-corrected chi connectivity index (χ3v) is 1.15. The van der Waals surface area contributed by atoms with Gasteiger partial charge < -0.3 is 15.3 Å². The van der Waals surface area contributed by atoms with Crippen LogP contribution in [0.2, 0.25) is 0 Å². The molecule has 17 heavy (non-hydrogen) atoms. The molecule has 0 amide bonds. The van der Waals surface area contributed by atoms with Gasteiger partial charge in [0, 0.05) is 0 Å². The smallest absolute Gasteiger partial charge is 0.422 e. The minimum absolute atomic E-state index is 0.296. The lowest BCUT2D eigenvalue weighted by Crippen LogP contribution is -2.18. The summed E-state index contributed by atoms with van der Waals surface area (Å²) in [5.74, 6) is -4.19. The number of carbonyl (C=O) groups is 3. The highest BCUT2D eigenvalue weighted by molar-refractivity contribution is 5.87. The van der Waals surface area contributed by atoms with E-state index in [1.165, 1.54) is 0 Å². The molecule has 0 atom stereocenters. The predicted molar refractivity (Wildman–Crippen MR) is 47.3 cm³/mol. The molecule has 0 spiro atoms. The van der Waals surface area contributed by atoms with E-state index in [0.29, 0.717) is 0 Å². The normalized spacial score (nSPS) is 9.82. The average molecular weight is 258 g/mol. The molecule has 0 fully saturated rings. The number of rotatable bonds is 4. The molecule has 0 radical (unpaired) electrons. The molecule has 9 heteroatoms. The average Bonchev–Trinajstić information content (AvgIpc) is 2.13. The van der Waals surface area contributed by atoms with Gasteiger partial charge >= 0.3 is 24.1 Å². The zero-order valence-electron chi connectivity index (χ0n) is 8.32. The SMILES string of the molecule is C=C(C(=O)O)C(F)(F)F.O=C(O)CCC(=O)O. The first-order chi connectivity index (χ1) is 7.48. The van der Waals surface area contributed by atoms with Gasteiger partial charge in [0.1, 0.15) is 5.57 Å². The Hall–Kier alpha value is -2.06.